The van der Waals surface area contributed by atoms with Gasteiger partial charge in [-0.15, -0.1) is 16.9 Å². The Morgan fingerprint density at radius 3 is 2.90 bits per heavy atom. The van der Waals surface area contributed by atoms with Crippen molar-refractivity contribution in [1.82, 2.24) is 25.1 Å². The molecular formula is C19H18FN5O2S2. The molecule has 0 saturated carbocycles. The SMILES string of the molecule is COc1ccccc1-n1nnnc1SCC(=O)N1CCSC1c1ccccc1F. The second-order valence-electron chi connectivity index (χ2n) is 6.17. The van der Waals surface area contributed by atoms with E-state index in [1.807, 2.05) is 24.3 Å². The van der Waals surface area contributed by atoms with E-state index in [4.69, 9.17) is 4.74 Å². The first-order valence-electron chi connectivity index (χ1n) is 8.89. The lowest BCUT2D eigenvalue weighted by atomic mass is 10.2. The van der Waals surface area contributed by atoms with E-state index < -0.39 is 0 Å². The second-order valence-corrected chi connectivity index (χ2v) is 8.30. The van der Waals surface area contributed by atoms with Crippen LogP contribution in [0, 0.1) is 5.82 Å². The Morgan fingerprint density at radius 2 is 2.07 bits per heavy atom. The molecule has 10 heteroatoms. The van der Waals surface area contributed by atoms with Crippen LogP contribution in [0.4, 0.5) is 4.39 Å². The highest BCUT2D eigenvalue weighted by Crippen LogP contribution is 2.39. The van der Waals surface area contributed by atoms with Crippen LogP contribution < -0.4 is 4.74 Å². The van der Waals surface area contributed by atoms with Gasteiger partial charge >= 0.3 is 0 Å². The standard InChI is InChI=1S/C19H18FN5O2S2/c1-27-16-9-5-4-8-15(16)25-19(21-22-23-25)29-12-17(26)24-10-11-28-18(24)13-6-2-3-7-14(13)20/h2-9,18H,10-12H2,1H3. The van der Waals surface area contributed by atoms with Gasteiger partial charge in [-0.25, -0.2) is 4.39 Å². The molecule has 1 unspecified atom stereocenters. The molecule has 1 fully saturated rings. The van der Waals surface area contributed by atoms with Gasteiger partial charge in [-0.3, -0.25) is 4.79 Å². The van der Waals surface area contributed by atoms with Crippen LogP contribution in [0.15, 0.2) is 53.7 Å². The molecule has 1 amide bonds. The summed E-state index contributed by atoms with van der Waals surface area (Å²) >= 11 is 2.81. The number of thioether (sulfide) groups is 2. The number of halogens is 1. The third-order valence-corrected chi connectivity index (χ3v) is 6.61. The number of rotatable bonds is 6. The van der Waals surface area contributed by atoms with E-state index >= 15 is 0 Å². The average Bonchev–Trinajstić information content (AvgIpc) is 3.42. The summed E-state index contributed by atoms with van der Waals surface area (Å²) in [6.45, 7) is 0.584. The lowest BCUT2D eigenvalue weighted by Gasteiger charge is -2.24. The summed E-state index contributed by atoms with van der Waals surface area (Å²) in [6, 6.07) is 14.0. The van der Waals surface area contributed by atoms with Crippen molar-refractivity contribution in [2.75, 3.05) is 25.2 Å². The predicted molar refractivity (Wildman–Crippen MR) is 110 cm³/mol. The van der Waals surface area contributed by atoms with Gasteiger partial charge in [0.25, 0.3) is 0 Å². The molecule has 7 nitrogen and oxygen atoms in total. The predicted octanol–water partition coefficient (Wildman–Crippen LogP) is 3.18. The summed E-state index contributed by atoms with van der Waals surface area (Å²) < 4.78 is 21.1. The van der Waals surface area contributed by atoms with Crippen molar-refractivity contribution < 1.29 is 13.9 Å². The van der Waals surface area contributed by atoms with Crippen molar-refractivity contribution in [2.45, 2.75) is 10.5 Å². The molecule has 1 aliphatic heterocycles. The number of ether oxygens (including phenoxy) is 1. The third kappa shape index (κ3) is 4.08. The lowest BCUT2D eigenvalue weighted by molar-refractivity contribution is -0.128. The van der Waals surface area contributed by atoms with E-state index in [9.17, 15) is 9.18 Å². The molecule has 4 rings (SSSR count). The van der Waals surface area contributed by atoms with Crippen molar-refractivity contribution in [2.24, 2.45) is 0 Å². The fourth-order valence-corrected chi connectivity index (χ4v) is 5.16. The van der Waals surface area contributed by atoms with Crippen LogP contribution in [0.5, 0.6) is 5.75 Å². The van der Waals surface area contributed by atoms with Crippen molar-refractivity contribution in [1.29, 1.82) is 0 Å². The Kier molecular flexibility index (Phi) is 6.00. The Labute approximate surface area is 175 Å². The van der Waals surface area contributed by atoms with E-state index in [0.29, 0.717) is 28.7 Å². The average molecular weight is 432 g/mol. The molecule has 1 aromatic heterocycles. The maximum Gasteiger partial charge on any atom is 0.234 e. The van der Waals surface area contributed by atoms with Crippen LogP contribution in [0.2, 0.25) is 0 Å². The van der Waals surface area contributed by atoms with Crippen molar-refractivity contribution in [3.05, 3.63) is 59.9 Å². The summed E-state index contributed by atoms with van der Waals surface area (Å²) in [5, 5.41) is 12.0. The number of amides is 1. The molecule has 0 aliphatic carbocycles. The largest absolute Gasteiger partial charge is 0.494 e. The van der Waals surface area contributed by atoms with Crippen LogP contribution in [-0.4, -0.2) is 56.2 Å². The third-order valence-electron chi connectivity index (χ3n) is 4.46. The van der Waals surface area contributed by atoms with Crippen LogP contribution >= 0.6 is 23.5 Å². The maximum atomic E-state index is 14.2. The zero-order valence-electron chi connectivity index (χ0n) is 15.6. The van der Waals surface area contributed by atoms with E-state index in [0.717, 1.165) is 5.75 Å². The summed E-state index contributed by atoms with van der Waals surface area (Å²) in [7, 11) is 1.58. The van der Waals surface area contributed by atoms with Crippen LogP contribution in [0.25, 0.3) is 5.69 Å². The smallest absolute Gasteiger partial charge is 0.234 e. The first kappa shape index (κ1) is 19.7. The highest BCUT2D eigenvalue weighted by molar-refractivity contribution is 8.00. The van der Waals surface area contributed by atoms with Gasteiger partial charge in [0.05, 0.1) is 12.9 Å². The monoisotopic (exact) mass is 431 g/mol. The van der Waals surface area contributed by atoms with Gasteiger partial charge in [-0.2, -0.15) is 4.68 Å². The maximum absolute atomic E-state index is 14.2. The Morgan fingerprint density at radius 1 is 1.28 bits per heavy atom. The number of hydrogen-bond donors (Lipinski definition) is 0. The van der Waals surface area contributed by atoms with E-state index in [-0.39, 0.29) is 22.9 Å². The van der Waals surface area contributed by atoms with E-state index in [1.165, 1.54) is 17.8 Å². The minimum atomic E-state index is -0.311. The fraction of sp³-hybridized carbons (Fsp3) is 0.263. The highest BCUT2D eigenvalue weighted by atomic mass is 32.2. The molecule has 0 N–H and O–H groups in total. The number of para-hydroxylation sites is 2. The van der Waals surface area contributed by atoms with Crippen LogP contribution in [-0.2, 0) is 4.79 Å². The van der Waals surface area contributed by atoms with Gasteiger partial charge in [0.1, 0.15) is 22.6 Å². The van der Waals surface area contributed by atoms with Gasteiger partial charge < -0.3 is 9.64 Å². The molecule has 0 spiro atoms. The number of benzene rings is 2. The zero-order chi connectivity index (χ0) is 20.2. The minimum absolute atomic E-state index is 0.0807. The Balaban J connectivity index is 1.48. The fourth-order valence-electron chi connectivity index (χ4n) is 3.09. The van der Waals surface area contributed by atoms with Gasteiger partial charge in [0.2, 0.25) is 11.1 Å². The number of nitrogens with zero attached hydrogens (tertiary/aromatic N) is 5. The minimum Gasteiger partial charge on any atom is -0.494 e. The molecule has 3 aromatic rings. The molecule has 0 radical (unpaired) electrons. The van der Waals surface area contributed by atoms with Gasteiger partial charge in [-0.1, -0.05) is 42.1 Å². The summed E-state index contributed by atoms with van der Waals surface area (Å²) in [5.41, 5.74) is 1.23. The summed E-state index contributed by atoms with van der Waals surface area (Å²) in [4.78, 5) is 14.6. The van der Waals surface area contributed by atoms with Gasteiger partial charge in [0, 0.05) is 17.9 Å². The second kappa shape index (κ2) is 8.83. The first-order valence-corrected chi connectivity index (χ1v) is 10.9. The first-order chi connectivity index (χ1) is 14.2. The number of carbonyl (C=O) groups excluding carboxylic acids is 1. The molecule has 1 atom stereocenters. The molecule has 2 heterocycles. The van der Waals surface area contributed by atoms with E-state index in [1.54, 1.807) is 46.7 Å². The van der Waals surface area contributed by atoms with Gasteiger partial charge in [0.15, 0.2) is 0 Å². The molecule has 150 valence electrons. The summed E-state index contributed by atoms with van der Waals surface area (Å²) in [5.74, 6) is 1.18. The normalized spacial score (nSPS) is 16.2. The summed E-state index contributed by atoms with van der Waals surface area (Å²) in [6.07, 6.45) is 0. The lowest BCUT2D eigenvalue weighted by Crippen LogP contribution is -2.32. The molecule has 1 aliphatic rings. The number of methoxy groups -OCH3 is 1. The van der Waals surface area contributed by atoms with Crippen molar-refractivity contribution >= 4 is 29.4 Å². The van der Waals surface area contributed by atoms with Crippen molar-refractivity contribution in [3.8, 4) is 11.4 Å². The number of hydrogen-bond acceptors (Lipinski definition) is 7. The Bertz CT molecular complexity index is 1020. The van der Waals surface area contributed by atoms with E-state index in [2.05, 4.69) is 15.5 Å². The van der Waals surface area contributed by atoms with Crippen molar-refractivity contribution in [3.63, 3.8) is 0 Å². The molecule has 0 bridgehead atoms. The topological polar surface area (TPSA) is 73.1 Å². The number of carbonyl (C=O) groups is 1. The zero-order valence-corrected chi connectivity index (χ0v) is 17.2. The quantitative estimate of drug-likeness (QED) is 0.555. The molecular weight excluding hydrogens is 413 g/mol. The Hall–Kier alpha value is -2.59. The highest BCUT2D eigenvalue weighted by Gasteiger charge is 2.32. The van der Waals surface area contributed by atoms with Gasteiger partial charge in [-0.05, 0) is 28.6 Å². The molecule has 29 heavy (non-hydrogen) atoms. The van der Waals surface area contributed by atoms with Crippen LogP contribution in [0.3, 0.4) is 0 Å². The number of aromatic nitrogens is 4. The molecule has 1 saturated heterocycles. The van der Waals surface area contributed by atoms with Crippen LogP contribution in [0.1, 0.15) is 10.9 Å². The number of tetrazole rings is 1. The molecule has 2 aromatic carbocycles.